The molecule has 156 valence electrons. The van der Waals surface area contributed by atoms with E-state index in [1.165, 1.54) is 5.56 Å². The summed E-state index contributed by atoms with van der Waals surface area (Å²) in [6.07, 6.45) is 0. The third-order valence-corrected chi connectivity index (χ3v) is 6.62. The number of thioether (sulfide) groups is 1. The summed E-state index contributed by atoms with van der Waals surface area (Å²) in [5.74, 6) is 1.91. The molecule has 0 radical (unpaired) electrons. The predicted molar refractivity (Wildman–Crippen MR) is 119 cm³/mol. The molecular weight excluding hydrogens is 398 g/mol. The van der Waals surface area contributed by atoms with Crippen LogP contribution in [0.4, 0.5) is 5.82 Å². The van der Waals surface area contributed by atoms with Crippen LogP contribution >= 0.6 is 11.8 Å². The summed E-state index contributed by atoms with van der Waals surface area (Å²) in [7, 11) is 1.64. The Kier molecular flexibility index (Phi) is 5.72. The largest absolute Gasteiger partial charge is 0.493 e. The average molecular weight is 424 g/mol. The lowest BCUT2D eigenvalue weighted by Crippen LogP contribution is -2.21. The number of carbonyl (C=O) groups is 1. The van der Waals surface area contributed by atoms with Crippen LogP contribution in [0, 0.1) is 13.8 Å². The van der Waals surface area contributed by atoms with Crippen molar-refractivity contribution in [3.63, 3.8) is 0 Å². The van der Waals surface area contributed by atoms with E-state index in [2.05, 4.69) is 46.7 Å². The van der Waals surface area contributed by atoms with E-state index in [1.807, 2.05) is 32.0 Å². The van der Waals surface area contributed by atoms with Crippen molar-refractivity contribution in [1.82, 2.24) is 10.2 Å². The van der Waals surface area contributed by atoms with Gasteiger partial charge >= 0.3 is 0 Å². The number of H-pyrrole nitrogens is 1. The molecule has 30 heavy (non-hydrogen) atoms. The lowest BCUT2D eigenvalue weighted by atomic mass is 10.0. The molecule has 1 aliphatic rings. The van der Waals surface area contributed by atoms with Crippen molar-refractivity contribution >= 4 is 23.5 Å². The summed E-state index contributed by atoms with van der Waals surface area (Å²) < 4.78 is 11.6. The number of carbonyl (C=O) groups excluding carboxylic acids is 1. The maximum Gasteiger partial charge on any atom is 0.238 e. The summed E-state index contributed by atoms with van der Waals surface area (Å²) in [6.45, 7) is 6.41. The number of benzene rings is 2. The second kappa shape index (κ2) is 8.44. The Labute approximate surface area is 180 Å². The molecule has 0 saturated carbocycles. The van der Waals surface area contributed by atoms with Gasteiger partial charge in [-0.1, -0.05) is 35.9 Å². The summed E-state index contributed by atoms with van der Waals surface area (Å²) in [4.78, 5) is 12.4. The molecule has 0 spiro atoms. The third-order valence-electron chi connectivity index (χ3n) is 5.21. The number of hydrogen-bond donors (Lipinski definition) is 2. The molecule has 0 saturated heterocycles. The zero-order valence-electron chi connectivity index (χ0n) is 17.5. The van der Waals surface area contributed by atoms with Crippen molar-refractivity contribution < 1.29 is 14.3 Å². The molecule has 7 heteroatoms. The fourth-order valence-corrected chi connectivity index (χ4v) is 4.78. The Morgan fingerprint density at radius 2 is 1.87 bits per heavy atom. The number of amides is 1. The molecule has 6 nitrogen and oxygen atoms in total. The molecule has 4 rings (SSSR count). The number of nitrogens with zero attached hydrogens (tertiary/aromatic N) is 1. The first-order valence-corrected chi connectivity index (χ1v) is 10.8. The van der Waals surface area contributed by atoms with E-state index in [0.29, 0.717) is 23.9 Å². The second-order valence-corrected chi connectivity index (χ2v) is 8.89. The first-order chi connectivity index (χ1) is 14.5. The predicted octanol–water partition coefficient (Wildman–Crippen LogP) is 4.78. The molecule has 2 atom stereocenters. The SMILES string of the molecule is COc1cc([C@H]2S[C@H](C)C(=O)Nc3n[nH]c(C)c32)ccc1OCc1ccc(C)cc1. The summed E-state index contributed by atoms with van der Waals surface area (Å²) >= 11 is 1.60. The highest BCUT2D eigenvalue weighted by Gasteiger charge is 2.32. The number of aromatic amines is 1. The van der Waals surface area contributed by atoms with E-state index in [0.717, 1.165) is 22.4 Å². The van der Waals surface area contributed by atoms with Gasteiger partial charge in [0.25, 0.3) is 0 Å². The lowest BCUT2D eigenvalue weighted by molar-refractivity contribution is -0.115. The van der Waals surface area contributed by atoms with Crippen LogP contribution in [0.5, 0.6) is 11.5 Å². The van der Waals surface area contributed by atoms with Crippen molar-refractivity contribution in [1.29, 1.82) is 0 Å². The van der Waals surface area contributed by atoms with E-state index >= 15 is 0 Å². The Balaban J connectivity index is 1.62. The monoisotopic (exact) mass is 423 g/mol. The van der Waals surface area contributed by atoms with Crippen molar-refractivity contribution in [2.75, 3.05) is 12.4 Å². The molecule has 1 amide bonds. The van der Waals surface area contributed by atoms with E-state index in [4.69, 9.17) is 9.47 Å². The van der Waals surface area contributed by atoms with E-state index in [-0.39, 0.29) is 16.4 Å². The van der Waals surface area contributed by atoms with Crippen LogP contribution in [0.2, 0.25) is 0 Å². The summed E-state index contributed by atoms with van der Waals surface area (Å²) in [6, 6.07) is 14.2. The van der Waals surface area contributed by atoms with E-state index in [1.54, 1.807) is 18.9 Å². The number of fused-ring (bicyclic) bond motifs is 1. The topological polar surface area (TPSA) is 76.2 Å². The third kappa shape index (κ3) is 4.03. The van der Waals surface area contributed by atoms with Crippen LogP contribution < -0.4 is 14.8 Å². The van der Waals surface area contributed by atoms with Gasteiger partial charge in [-0.25, -0.2) is 0 Å². The number of ether oxygens (including phenoxy) is 2. The van der Waals surface area contributed by atoms with Gasteiger partial charge in [-0.3, -0.25) is 9.89 Å². The maximum atomic E-state index is 12.4. The normalized spacial score (nSPS) is 18.3. The zero-order chi connectivity index (χ0) is 21.3. The first kappa shape index (κ1) is 20.3. The molecule has 0 fully saturated rings. The average Bonchev–Trinajstić information content (AvgIpc) is 3.04. The minimum atomic E-state index is -0.202. The summed E-state index contributed by atoms with van der Waals surface area (Å²) in [5.41, 5.74) is 5.29. The number of aryl methyl sites for hydroxylation is 2. The van der Waals surface area contributed by atoms with Crippen molar-refractivity contribution in [2.24, 2.45) is 0 Å². The number of methoxy groups -OCH3 is 1. The van der Waals surface area contributed by atoms with Gasteiger partial charge in [0.1, 0.15) is 6.61 Å². The van der Waals surface area contributed by atoms with Crippen molar-refractivity contribution in [3.8, 4) is 11.5 Å². The number of anilines is 1. The number of aromatic nitrogens is 2. The van der Waals surface area contributed by atoms with Crippen LogP contribution in [-0.4, -0.2) is 28.5 Å². The van der Waals surface area contributed by atoms with Gasteiger partial charge in [-0.15, -0.1) is 11.8 Å². The Morgan fingerprint density at radius 3 is 2.60 bits per heavy atom. The molecule has 3 aromatic rings. The molecule has 2 heterocycles. The van der Waals surface area contributed by atoms with Crippen LogP contribution in [-0.2, 0) is 11.4 Å². The lowest BCUT2D eigenvalue weighted by Gasteiger charge is -2.19. The van der Waals surface area contributed by atoms with E-state index in [9.17, 15) is 4.79 Å². The van der Waals surface area contributed by atoms with Crippen LogP contribution in [0.25, 0.3) is 0 Å². The Bertz CT molecular complexity index is 1060. The van der Waals surface area contributed by atoms with Gasteiger partial charge in [0.05, 0.1) is 17.6 Å². The molecule has 2 aromatic carbocycles. The van der Waals surface area contributed by atoms with Gasteiger partial charge in [0, 0.05) is 11.3 Å². The van der Waals surface area contributed by atoms with Crippen LogP contribution in [0.3, 0.4) is 0 Å². The molecule has 1 aliphatic heterocycles. The smallest absolute Gasteiger partial charge is 0.238 e. The van der Waals surface area contributed by atoms with Crippen molar-refractivity contribution in [2.45, 2.75) is 37.9 Å². The molecule has 0 aliphatic carbocycles. The van der Waals surface area contributed by atoms with E-state index < -0.39 is 0 Å². The highest BCUT2D eigenvalue weighted by atomic mass is 32.2. The Morgan fingerprint density at radius 1 is 1.10 bits per heavy atom. The number of nitrogens with one attached hydrogen (secondary N) is 2. The zero-order valence-corrected chi connectivity index (χ0v) is 18.3. The molecular formula is C23H25N3O3S. The minimum absolute atomic E-state index is 0.0414. The van der Waals surface area contributed by atoms with Gasteiger partial charge in [-0.05, 0) is 44.0 Å². The summed E-state index contributed by atoms with van der Waals surface area (Å²) in [5, 5.41) is 9.94. The number of rotatable bonds is 5. The minimum Gasteiger partial charge on any atom is -0.493 e. The quantitative estimate of drug-likeness (QED) is 0.618. The highest BCUT2D eigenvalue weighted by Crippen LogP contribution is 2.46. The molecule has 1 aromatic heterocycles. The maximum absolute atomic E-state index is 12.4. The second-order valence-electron chi connectivity index (χ2n) is 7.44. The Hall–Kier alpha value is -2.93. The van der Waals surface area contributed by atoms with Gasteiger partial charge < -0.3 is 14.8 Å². The van der Waals surface area contributed by atoms with Gasteiger partial charge in [0.15, 0.2) is 17.3 Å². The van der Waals surface area contributed by atoms with Gasteiger partial charge in [-0.2, -0.15) is 5.10 Å². The first-order valence-electron chi connectivity index (χ1n) is 9.83. The van der Waals surface area contributed by atoms with Crippen LogP contribution in [0.1, 0.15) is 40.1 Å². The molecule has 0 bridgehead atoms. The number of hydrogen-bond acceptors (Lipinski definition) is 5. The highest BCUT2D eigenvalue weighted by molar-refractivity contribution is 8.01. The molecule has 2 N–H and O–H groups in total. The van der Waals surface area contributed by atoms with Gasteiger partial charge in [0.2, 0.25) is 5.91 Å². The fourth-order valence-electron chi connectivity index (χ4n) is 3.46. The molecule has 0 unspecified atom stereocenters. The van der Waals surface area contributed by atoms with Crippen molar-refractivity contribution in [3.05, 3.63) is 70.4 Å². The fraction of sp³-hybridized carbons (Fsp3) is 0.304. The standard InChI is InChI=1S/C23H25N3O3S/c1-13-5-7-16(8-6-13)12-29-18-10-9-17(11-19(18)28-4)21-20-14(2)25-26-22(20)24-23(27)15(3)30-21/h5-11,15,21H,12H2,1-4H3,(H2,24,25,26,27)/t15-,21-/m1/s1. The van der Waals surface area contributed by atoms with Crippen LogP contribution in [0.15, 0.2) is 42.5 Å².